The Labute approximate surface area is 218 Å². The number of nitro groups is 4. The number of nitrogen functional groups attached to an aromatic ring is 1. The van der Waals surface area contributed by atoms with E-state index in [2.05, 4.69) is 0 Å². The van der Waals surface area contributed by atoms with Gasteiger partial charge in [-0.25, -0.2) is 0 Å². The Kier molecular flexibility index (Phi) is 10.5. The summed E-state index contributed by atoms with van der Waals surface area (Å²) in [6, 6.07) is 2.17. The lowest BCUT2D eigenvalue weighted by Gasteiger charge is -2.22. The molecule has 2 rings (SSSR count). The quantitative estimate of drug-likeness (QED) is 0.215. The van der Waals surface area contributed by atoms with Crippen LogP contribution in [0.5, 0.6) is 5.75 Å². The topological polar surface area (TPSA) is 222 Å². The molecule has 0 fully saturated rings. The van der Waals surface area contributed by atoms with E-state index >= 15 is 0 Å². The van der Waals surface area contributed by atoms with E-state index in [0.29, 0.717) is 6.42 Å². The van der Waals surface area contributed by atoms with Crippen LogP contribution >= 0.6 is 0 Å². The van der Waals surface area contributed by atoms with Crippen molar-refractivity contribution >= 4 is 34.1 Å². The van der Waals surface area contributed by atoms with Gasteiger partial charge in [0.1, 0.15) is 5.69 Å². The average Bonchev–Trinajstić information content (AvgIpc) is 2.83. The molecule has 0 radical (unpaired) electrons. The zero-order chi connectivity index (χ0) is 30.4. The summed E-state index contributed by atoms with van der Waals surface area (Å²) in [5.74, 6) is -0.677. The molecule has 0 bridgehead atoms. The fourth-order valence-corrected chi connectivity index (χ4v) is 3.54. The number of benzene rings is 2. The number of non-ortho nitro benzene ring substituents is 1. The zero-order valence-electron chi connectivity index (χ0n) is 21.1. The number of aromatic hydroxyl groups is 1. The van der Waals surface area contributed by atoms with Gasteiger partial charge in [0.15, 0.2) is 11.4 Å². The van der Waals surface area contributed by atoms with Crippen molar-refractivity contribution in [2.24, 2.45) is 0 Å². The van der Waals surface area contributed by atoms with Crippen LogP contribution in [-0.4, -0.2) is 37.9 Å². The van der Waals surface area contributed by atoms with E-state index in [4.69, 9.17) is 5.73 Å². The largest absolute Gasteiger partial charge is 0.502 e. The fraction of sp³-hybridized carbons (Fsp3) is 0.429. The molecule has 0 aliphatic heterocycles. The number of alkyl halides is 3. The molecular formula is C21H25F3N6O9. The second-order valence-corrected chi connectivity index (χ2v) is 7.96. The fourth-order valence-electron chi connectivity index (χ4n) is 3.54. The first-order valence-electron chi connectivity index (χ1n) is 11.2. The Morgan fingerprint density at radius 2 is 1.41 bits per heavy atom. The van der Waals surface area contributed by atoms with Gasteiger partial charge in [-0.3, -0.25) is 40.5 Å². The van der Waals surface area contributed by atoms with Gasteiger partial charge in [-0.2, -0.15) is 13.2 Å². The smallest absolute Gasteiger partial charge is 0.418 e. The van der Waals surface area contributed by atoms with Crippen molar-refractivity contribution in [3.05, 3.63) is 69.8 Å². The molecule has 18 heteroatoms. The summed E-state index contributed by atoms with van der Waals surface area (Å²) in [6.07, 6.45) is -4.42. The number of phenolic OH excluding ortho intramolecular Hbond substituents is 1. The van der Waals surface area contributed by atoms with Crippen molar-refractivity contribution < 1.29 is 38.0 Å². The van der Waals surface area contributed by atoms with Crippen LogP contribution < -0.4 is 10.6 Å². The molecule has 0 aromatic heterocycles. The first-order chi connectivity index (χ1) is 17.9. The van der Waals surface area contributed by atoms with E-state index in [-0.39, 0.29) is 36.3 Å². The summed E-state index contributed by atoms with van der Waals surface area (Å²) in [6.45, 7) is 6.94. The van der Waals surface area contributed by atoms with Crippen LogP contribution in [0.3, 0.4) is 0 Å². The molecule has 0 saturated carbocycles. The van der Waals surface area contributed by atoms with Gasteiger partial charge in [-0.1, -0.05) is 13.8 Å². The van der Waals surface area contributed by atoms with E-state index in [0.717, 1.165) is 6.07 Å². The highest BCUT2D eigenvalue weighted by atomic mass is 19.4. The van der Waals surface area contributed by atoms with Crippen molar-refractivity contribution in [1.29, 1.82) is 0 Å². The van der Waals surface area contributed by atoms with Gasteiger partial charge < -0.3 is 15.7 Å². The van der Waals surface area contributed by atoms with E-state index in [1.165, 1.54) is 11.0 Å². The molecule has 0 spiro atoms. The van der Waals surface area contributed by atoms with Gasteiger partial charge in [-0.15, -0.1) is 0 Å². The number of nitrogens with two attached hydrogens (primary N) is 1. The van der Waals surface area contributed by atoms with E-state index in [1.54, 1.807) is 20.8 Å². The molecule has 2 aromatic carbocycles. The zero-order valence-corrected chi connectivity index (χ0v) is 21.1. The highest BCUT2D eigenvalue weighted by Crippen LogP contribution is 2.48. The van der Waals surface area contributed by atoms with Gasteiger partial charge in [0.2, 0.25) is 0 Å². The average molecular weight is 562 g/mol. The van der Waals surface area contributed by atoms with E-state index < -0.39 is 65.6 Å². The maximum absolute atomic E-state index is 12.9. The van der Waals surface area contributed by atoms with Crippen molar-refractivity contribution in [2.45, 2.75) is 46.2 Å². The maximum Gasteiger partial charge on any atom is 0.418 e. The maximum atomic E-state index is 12.9. The number of nitro benzene ring substituents is 4. The monoisotopic (exact) mass is 562 g/mol. The molecular weight excluding hydrogens is 537 g/mol. The van der Waals surface area contributed by atoms with Gasteiger partial charge in [0.05, 0.1) is 31.3 Å². The summed E-state index contributed by atoms with van der Waals surface area (Å²) >= 11 is 0. The van der Waals surface area contributed by atoms with Crippen LogP contribution in [0.15, 0.2) is 18.2 Å². The molecule has 3 N–H and O–H groups in total. The molecule has 15 nitrogen and oxygen atoms in total. The highest BCUT2D eigenvalue weighted by Gasteiger charge is 2.42. The lowest BCUT2D eigenvalue weighted by molar-refractivity contribution is -0.394. The predicted octanol–water partition coefficient (Wildman–Crippen LogP) is 5.67. The third-order valence-corrected chi connectivity index (χ3v) is 5.71. The number of hydrogen-bond acceptors (Lipinski definition) is 11. The highest BCUT2D eigenvalue weighted by molar-refractivity contribution is 5.86. The number of phenols is 1. The summed E-state index contributed by atoms with van der Waals surface area (Å²) in [4.78, 5) is 41.0. The van der Waals surface area contributed by atoms with E-state index in [1.807, 2.05) is 6.92 Å². The number of rotatable bonds is 9. The number of anilines is 2. The third kappa shape index (κ3) is 7.17. The summed E-state index contributed by atoms with van der Waals surface area (Å²) < 4.78 is 38.7. The lowest BCUT2D eigenvalue weighted by Crippen LogP contribution is -2.25. The van der Waals surface area contributed by atoms with Crippen molar-refractivity contribution in [3.63, 3.8) is 0 Å². The number of nitrogens with zero attached hydrogens (tertiary/aromatic N) is 5. The van der Waals surface area contributed by atoms with Gasteiger partial charge in [0.25, 0.3) is 11.4 Å². The number of hydrogen-bond donors (Lipinski definition) is 2. The standard InChI is InChI=1S/C11H13F3N4O4.C10H12N2O5/c1-3-16(4-2)9-7(17(19)20)5-6(11(12,13)14)8(15)10(9)18(21)22;1-3-6(2)8-4-7(11(14)15)5-9(10(8)13)12(16)17/h5H,3-4,15H2,1-2H3;4-6,13H,3H2,1-2H3. The second kappa shape index (κ2) is 12.7. The normalized spacial score (nSPS) is 11.7. The summed E-state index contributed by atoms with van der Waals surface area (Å²) in [7, 11) is 0. The Morgan fingerprint density at radius 3 is 1.77 bits per heavy atom. The Balaban J connectivity index is 0.000000403. The van der Waals surface area contributed by atoms with Gasteiger partial charge in [0, 0.05) is 30.8 Å². The molecule has 214 valence electrons. The minimum absolute atomic E-state index is 0.128. The summed E-state index contributed by atoms with van der Waals surface area (Å²) in [5.41, 5.74) is -0.870. The first kappa shape index (κ1) is 32.3. The van der Waals surface area contributed by atoms with Crippen LogP contribution in [0.2, 0.25) is 0 Å². The molecule has 0 aliphatic rings. The summed E-state index contributed by atoms with van der Waals surface area (Å²) in [5, 5.41) is 53.3. The third-order valence-electron chi connectivity index (χ3n) is 5.71. The molecule has 0 saturated heterocycles. The molecule has 0 heterocycles. The molecule has 0 amide bonds. The van der Waals surface area contributed by atoms with Crippen LogP contribution in [0.4, 0.5) is 47.3 Å². The molecule has 2 aromatic rings. The minimum atomic E-state index is -5.04. The van der Waals surface area contributed by atoms with E-state index in [9.17, 15) is 58.7 Å². The van der Waals surface area contributed by atoms with Crippen LogP contribution in [0.1, 0.15) is 51.2 Å². The van der Waals surface area contributed by atoms with Crippen LogP contribution in [0, 0.1) is 40.5 Å². The van der Waals surface area contributed by atoms with Crippen LogP contribution in [0.25, 0.3) is 0 Å². The first-order valence-corrected chi connectivity index (χ1v) is 11.2. The lowest BCUT2D eigenvalue weighted by atomic mass is 9.96. The molecule has 1 unspecified atom stereocenters. The van der Waals surface area contributed by atoms with Crippen molar-refractivity contribution in [2.75, 3.05) is 23.7 Å². The van der Waals surface area contributed by atoms with Gasteiger partial charge in [-0.05, 0) is 26.2 Å². The Hall–Kier alpha value is -4.77. The Bertz CT molecular complexity index is 1280. The van der Waals surface area contributed by atoms with Crippen LogP contribution in [-0.2, 0) is 6.18 Å². The molecule has 1 atom stereocenters. The van der Waals surface area contributed by atoms with Gasteiger partial charge >= 0.3 is 17.6 Å². The Morgan fingerprint density at radius 1 is 0.897 bits per heavy atom. The predicted molar refractivity (Wildman–Crippen MR) is 133 cm³/mol. The second-order valence-electron chi connectivity index (χ2n) is 7.96. The SMILES string of the molecule is CCC(C)c1cc([N+](=O)[O-])cc([N+](=O)[O-])c1O.CCN(CC)c1c([N+](=O)[O-])cc(C(F)(F)F)c(N)c1[N+](=O)[O-]. The van der Waals surface area contributed by atoms with Crippen molar-refractivity contribution in [3.8, 4) is 5.75 Å². The molecule has 0 aliphatic carbocycles. The minimum Gasteiger partial charge on any atom is -0.502 e. The number of halogens is 3. The molecule has 39 heavy (non-hydrogen) atoms. The van der Waals surface area contributed by atoms with Crippen molar-refractivity contribution in [1.82, 2.24) is 0 Å².